The zero-order valence-corrected chi connectivity index (χ0v) is 11.3. The zero-order chi connectivity index (χ0) is 13.7. The molecular weight excluding hydrogens is 242 g/mol. The highest BCUT2D eigenvalue weighted by atomic mass is 16.5. The van der Waals surface area contributed by atoms with E-state index in [2.05, 4.69) is 5.10 Å². The summed E-state index contributed by atoms with van der Waals surface area (Å²) >= 11 is 0. The second-order valence-corrected chi connectivity index (χ2v) is 4.15. The predicted octanol–water partition coefficient (Wildman–Crippen LogP) is 1.86. The van der Waals surface area contributed by atoms with E-state index < -0.39 is 0 Å². The first kappa shape index (κ1) is 13.4. The first-order chi connectivity index (χ1) is 9.24. The van der Waals surface area contributed by atoms with Crippen LogP contribution < -0.4 is 15.2 Å². The van der Waals surface area contributed by atoms with Crippen LogP contribution in [0, 0.1) is 0 Å². The van der Waals surface area contributed by atoms with Crippen molar-refractivity contribution < 1.29 is 9.47 Å². The monoisotopic (exact) mass is 261 g/mol. The van der Waals surface area contributed by atoms with Crippen molar-refractivity contribution in [1.82, 2.24) is 9.78 Å². The lowest BCUT2D eigenvalue weighted by atomic mass is 10.2. The van der Waals surface area contributed by atoms with Crippen LogP contribution in [0.4, 0.5) is 0 Å². The van der Waals surface area contributed by atoms with Crippen LogP contribution in [0.25, 0.3) is 0 Å². The van der Waals surface area contributed by atoms with E-state index in [-0.39, 0.29) is 0 Å². The summed E-state index contributed by atoms with van der Waals surface area (Å²) < 4.78 is 13.1. The third kappa shape index (κ3) is 3.26. The SMILES string of the molecule is CCOc1cccc(CN)c1OCc1ccn(C)n1. The summed E-state index contributed by atoms with van der Waals surface area (Å²) in [6.07, 6.45) is 1.89. The number of para-hydroxylation sites is 1. The van der Waals surface area contributed by atoms with Gasteiger partial charge in [0.15, 0.2) is 11.5 Å². The average molecular weight is 261 g/mol. The molecule has 0 radical (unpaired) electrons. The molecule has 5 heteroatoms. The van der Waals surface area contributed by atoms with Gasteiger partial charge in [-0.3, -0.25) is 4.68 Å². The fourth-order valence-corrected chi connectivity index (χ4v) is 1.84. The Kier molecular flexibility index (Phi) is 4.41. The van der Waals surface area contributed by atoms with Crippen LogP contribution in [0.15, 0.2) is 30.5 Å². The topological polar surface area (TPSA) is 62.3 Å². The molecule has 1 aromatic carbocycles. The molecule has 0 bridgehead atoms. The van der Waals surface area contributed by atoms with Gasteiger partial charge < -0.3 is 15.2 Å². The van der Waals surface area contributed by atoms with Gasteiger partial charge in [-0.2, -0.15) is 5.10 Å². The third-order valence-corrected chi connectivity index (χ3v) is 2.71. The van der Waals surface area contributed by atoms with Crippen molar-refractivity contribution in [2.75, 3.05) is 6.61 Å². The number of aromatic nitrogens is 2. The molecule has 0 spiro atoms. The number of aryl methyl sites for hydroxylation is 1. The maximum Gasteiger partial charge on any atom is 0.166 e. The molecule has 0 saturated carbocycles. The lowest BCUT2D eigenvalue weighted by molar-refractivity contribution is 0.263. The molecule has 0 aliphatic rings. The summed E-state index contributed by atoms with van der Waals surface area (Å²) in [5, 5.41) is 4.28. The molecule has 0 amide bonds. The summed E-state index contributed by atoms with van der Waals surface area (Å²) in [6.45, 7) is 3.35. The highest BCUT2D eigenvalue weighted by molar-refractivity contribution is 5.46. The average Bonchev–Trinajstić information content (AvgIpc) is 2.83. The molecule has 0 unspecified atom stereocenters. The number of hydrogen-bond acceptors (Lipinski definition) is 4. The Bertz CT molecular complexity index is 537. The van der Waals surface area contributed by atoms with Gasteiger partial charge in [0, 0.05) is 25.4 Å². The second kappa shape index (κ2) is 6.24. The number of nitrogens with two attached hydrogens (primary N) is 1. The summed E-state index contributed by atoms with van der Waals surface area (Å²) in [7, 11) is 1.88. The second-order valence-electron chi connectivity index (χ2n) is 4.15. The molecule has 0 aliphatic heterocycles. The van der Waals surface area contributed by atoms with Crippen molar-refractivity contribution in [2.45, 2.75) is 20.1 Å². The van der Waals surface area contributed by atoms with Gasteiger partial charge in [0.1, 0.15) is 6.61 Å². The number of benzene rings is 1. The largest absolute Gasteiger partial charge is 0.490 e. The maximum absolute atomic E-state index is 5.83. The lowest BCUT2D eigenvalue weighted by Gasteiger charge is -2.14. The minimum Gasteiger partial charge on any atom is -0.490 e. The maximum atomic E-state index is 5.83. The molecule has 102 valence electrons. The molecule has 19 heavy (non-hydrogen) atoms. The quantitative estimate of drug-likeness (QED) is 0.862. The van der Waals surface area contributed by atoms with Crippen molar-refractivity contribution in [3.05, 3.63) is 41.7 Å². The van der Waals surface area contributed by atoms with Gasteiger partial charge >= 0.3 is 0 Å². The first-order valence-electron chi connectivity index (χ1n) is 6.30. The number of rotatable bonds is 6. The van der Waals surface area contributed by atoms with Crippen molar-refractivity contribution in [2.24, 2.45) is 12.8 Å². The number of ether oxygens (including phenoxy) is 2. The molecule has 2 rings (SSSR count). The van der Waals surface area contributed by atoms with E-state index in [0.29, 0.717) is 25.5 Å². The molecule has 0 fully saturated rings. The minimum atomic E-state index is 0.401. The molecule has 0 atom stereocenters. The van der Waals surface area contributed by atoms with Crippen LogP contribution in [-0.2, 0) is 20.2 Å². The van der Waals surface area contributed by atoms with Crippen LogP contribution in [-0.4, -0.2) is 16.4 Å². The van der Waals surface area contributed by atoms with Crippen LogP contribution >= 0.6 is 0 Å². The standard InChI is InChI=1S/C14H19N3O2/c1-3-18-13-6-4-5-11(9-15)14(13)19-10-12-7-8-17(2)16-12/h4-8H,3,9-10,15H2,1-2H3. The van der Waals surface area contributed by atoms with Gasteiger partial charge in [-0.15, -0.1) is 0 Å². The number of hydrogen-bond donors (Lipinski definition) is 1. The Morgan fingerprint density at radius 3 is 2.74 bits per heavy atom. The van der Waals surface area contributed by atoms with Crippen molar-refractivity contribution in [1.29, 1.82) is 0 Å². The normalized spacial score (nSPS) is 10.5. The van der Waals surface area contributed by atoms with Crippen molar-refractivity contribution >= 4 is 0 Å². The number of nitrogens with zero attached hydrogens (tertiary/aromatic N) is 2. The van der Waals surface area contributed by atoms with E-state index in [4.69, 9.17) is 15.2 Å². The van der Waals surface area contributed by atoms with Gasteiger partial charge in [0.2, 0.25) is 0 Å². The molecule has 2 aromatic rings. The van der Waals surface area contributed by atoms with Gasteiger partial charge in [-0.05, 0) is 19.1 Å². The Hall–Kier alpha value is -2.01. The van der Waals surface area contributed by atoms with E-state index in [9.17, 15) is 0 Å². The Labute approximate surface area is 112 Å². The molecule has 0 saturated heterocycles. The molecule has 0 aliphatic carbocycles. The van der Waals surface area contributed by atoms with Crippen LogP contribution in [0.1, 0.15) is 18.2 Å². The molecule has 1 aromatic heterocycles. The summed E-state index contributed by atoms with van der Waals surface area (Å²) in [6, 6.07) is 7.67. The first-order valence-corrected chi connectivity index (χ1v) is 6.30. The van der Waals surface area contributed by atoms with E-state index in [0.717, 1.165) is 17.0 Å². The Balaban J connectivity index is 2.17. The van der Waals surface area contributed by atoms with Gasteiger partial charge in [0.05, 0.1) is 12.3 Å². The highest BCUT2D eigenvalue weighted by Gasteiger charge is 2.10. The minimum absolute atomic E-state index is 0.401. The third-order valence-electron chi connectivity index (χ3n) is 2.71. The van der Waals surface area contributed by atoms with Crippen molar-refractivity contribution in [3.63, 3.8) is 0 Å². The fourth-order valence-electron chi connectivity index (χ4n) is 1.84. The highest BCUT2D eigenvalue weighted by Crippen LogP contribution is 2.31. The Morgan fingerprint density at radius 2 is 2.11 bits per heavy atom. The Morgan fingerprint density at radius 1 is 1.26 bits per heavy atom. The molecule has 2 N–H and O–H groups in total. The summed E-state index contributed by atoms with van der Waals surface area (Å²) in [5.74, 6) is 1.43. The van der Waals surface area contributed by atoms with Crippen molar-refractivity contribution in [3.8, 4) is 11.5 Å². The lowest BCUT2D eigenvalue weighted by Crippen LogP contribution is -2.06. The van der Waals surface area contributed by atoms with Crippen LogP contribution in [0.3, 0.4) is 0 Å². The molecule has 5 nitrogen and oxygen atoms in total. The van der Waals surface area contributed by atoms with Gasteiger partial charge in [0.25, 0.3) is 0 Å². The van der Waals surface area contributed by atoms with Gasteiger partial charge in [-0.25, -0.2) is 0 Å². The van der Waals surface area contributed by atoms with Gasteiger partial charge in [-0.1, -0.05) is 12.1 Å². The summed E-state index contributed by atoms with van der Waals surface area (Å²) in [4.78, 5) is 0. The van der Waals surface area contributed by atoms with Crippen LogP contribution in [0.5, 0.6) is 11.5 Å². The van der Waals surface area contributed by atoms with E-state index in [1.165, 1.54) is 0 Å². The fraction of sp³-hybridized carbons (Fsp3) is 0.357. The van der Waals surface area contributed by atoms with Crippen LogP contribution in [0.2, 0.25) is 0 Å². The molecule has 1 heterocycles. The molecular formula is C14H19N3O2. The van der Waals surface area contributed by atoms with E-state index >= 15 is 0 Å². The smallest absolute Gasteiger partial charge is 0.166 e. The van der Waals surface area contributed by atoms with E-state index in [1.54, 1.807) is 4.68 Å². The zero-order valence-electron chi connectivity index (χ0n) is 11.3. The summed E-state index contributed by atoms with van der Waals surface area (Å²) in [5.41, 5.74) is 7.54. The van der Waals surface area contributed by atoms with E-state index in [1.807, 2.05) is 44.4 Å². The predicted molar refractivity (Wildman–Crippen MR) is 73.0 cm³/mol.